The van der Waals surface area contributed by atoms with Crippen molar-refractivity contribution in [3.05, 3.63) is 29.3 Å². The van der Waals surface area contributed by atoms with Crippen molar-refractivity contribution in [3.63, 3.8) is 0 Å². The molecule has 104 valence electrons. The molecule has 0 saturated carbocycles. The van der Waals surface area contributed by atoms with Crippen molar-refractivity contribution >= 4 is 5.91 Å². The van der Waals surface area contributed by atoms with Crippen LogP contribution in [-0.4, -0.2) is 19.1 Å². The van der Waals surface area contributed by atoms with Gasteiger partial charge >= 0.3 is 0 Å². The van der Waals surface area contributed by atoms with Gasteiger partial charge in [0.15, 0.2) is 0 Å². The Balaban J connectivity index is 1.95. The van der Waals surface area contributed by atoms with Gasteiger partial charge in [0.25, 0.3) is 0 Å². The monoisotopic (exact) mass is 261 g/mol. The SMILES string of the molecule is CCOc1ccc2c(c1)[C@H](CCNC(=O)CC)CC2. The predicted molar refractivity (Wildman–Crippen MR) is 76.6 cm³/mol. The first kappa shape index (κ1) is 13.9. The third-order valence-corrected chi connectivity index (χ3v) is 3.77. The summed E-state index contributed by atoms with van der Waals surface area (Å²) in [6.07, 6.45) is 3.92. The molecule has 1 aliphatic rings. The van der Waals surface area contributed by atoms with Crippen molar-refractivity contribution in [3.8, 4) is 5.75 Å². The van der Waals surface area contributed by atoms with Gasteiger partial charge in [-0.3, -0.25) is 4.79 Å². The van der Waals surface area contributed by atoms with E-state index in [1.807, 2.05) is 13.8 Å². The maximum absolute atomic E-state index is 11.2. The van der Waals surface area contributed by atoms with Crippen LogP contribution in [0.3, 0.4) is 0 Å². The number of fused-ring (bicyclic) bond motifs is 1. The van der Waals surface area contributed by atoms with E-state index in [-0.39, 0.29) is 5.91 Å². The Morgan fingerprint density at radius 1 is 1.42 bits per heavy atom. The van der Waals surface area contributed by atoms with Crippen molar-refractivity contribution < 1.29 is 9.53 Å². The Hall–Kier alpha value is -1.51. The Labute approximate surface area is 115 Å². The number of ether oxygens (including phenoxy) is 1. The summed E-state index contributed by atoms with van der Waals surface area (Å²) in [5.74, 6) is 1.67. The minimum absolute atomic E-state index is 0.140. The molecule has 1 N–H and O–H groups in total. The maximum Gasteiger partial charge on any atom is 0.219 e. The van der Waals surface area contributed by atoms with Crippen molar-refractivity contribution in [2.75, 3.05) is 13.2 Å². The lowest BCUT2D eigenvalue weighted by Crippen LogP contribution is -2.24. The molecule has 3 nitrogen and oxygen atoms in total. The van der Waals surface area contributed by atoms with Crippen molar-refractivity contribution in [1.82, 2.24) is 5.32 Å². The molecule has 19 heavy (non-hydrogen) atoms. The van der Waals surface area contributed by atoms with Crippen molar-refractivity contribution in [1.29, 1.82) is 0 Å². The molecule has 0 aromatic heterocycles. The molecular weight excluding hydrogens is 238 g/mol. The molecule has 0 radical (unpaired) electrons. The highest BCUT2D eigenvalue weighted by atomic mass is 16.5. The first-order chi connectivity index (χ1) is 9.24. The number of benzene rings is 1. The lowest BCUT2D eigenvalue weighted by atomic mass is 9.97. The van der Waals surface area contributed by atoms with Crippen LogP contribution in [0.1, 0.15) is 50.2 Å². The normalized spacial score (nSPS) is 17.1. The summed E-state index contributed by atoms with van der Waals surface area (Å²) in [7, 11) is 0. The molecule has 0 heterocycles. The highest BCUT2D eigenvalue weighted by Crippen LogP contribution is 2.37. The van der Waals surface area contributed by atoms with E-state index in [0.29, 0.717) is 18.9 Å². The van der Waals surface area contributed by atoms with E-state index in [1.165, 1.54) is 17.5 Å². The second-order valence-corrected chi connectivity index (χ2v) is 5.02. The molecule has 3 heteroatoms. The van der Waals surface area contributed by atoms with Gasteiger partial charge in [-0.2, -0.15) is 0 Å². The van der Waals surface area contributed by atoms with Crippen LogP contribution in [0.15, 0.2) is 18.2 Å². The molecule has 0 fully saturated rings. The van der Waals surface area contributed by atoms with Crippen LogP contribution in [0.5, 0.6) is 5.75 Å². The van der Waals surface area contributed by atoms with E-state index >= 15 is 0 Å². The number of nitrogens with one attached hydrogen (secondary N) is 1. The van der Waals surface area contributed by atoms with Crippen LogP contribution in [0, 0.1) is 0 Å². The summed E-state index contributed by atoms with van der Waals surface area (Å²) in [5.41, 5.74) is 2.85. The Bertz CT molecular complexity index is 442. The minimum atomic E-state index is 0.140. The number of hydrogen-bond donors (Lipinski definition) is 1. The number of rotatable bonds is 6. The van der Waals surface area contributed by atoms with Gasteiger partial charge in [0.1, 0.15) is 5.75 Å². The fraction of sp³-hybridized carbons (Fsp3) is 0.562. The molecule has 0 spiro atoms. The second-order valence-electron chi connectivity index (χ2n) is 5.02. The largest absolute Gasteiger partial charge is 0.494 e. The van der Waals surface area contributed by atoms with E-state index in [0.717, 1.165) is 25.1 Å². The zero-order valence-corrected chi connectivity index (χ0v) is 11.9. The molecule has 1 atom stereocenters. The van der Waals surface area contributed by atoms with E-state index in [1.54, 1.807) is 0 Å². The summed E-state index contributed by atoms with van der Waals surface area (Å²) >= 11 is 0. The van der Waals surface area contributed by atoms with Crippen LogP contribution in [0.2, 0.25) is 0 Å². The average Bonchev–Trinajstić information content (AvgIpc) is 2.82. The van der Waals surface area contributed by atoms with Gasteiger partial charge < -0.3 is 10.1 Å². The Morgan fingerprint density at radius 2 is 2.26 bits per heavy atom. The lowest BCUT2D eigenvalue weighted by molar-refractivity contribution is -0.120. The smallest absolute Gasteiger partial charge is 0.219 e. The van der Waals surface area contributed by atoms with Crippen LogP contribution in [0.4, 0.5) is 0 Å². The van der Waals surface area contributed by atoms with Gasteiger partial charge in [-0.15, -0.1) is 0 Å². The van der Waals surface area contributed by atoms with E-state index in [4.69, 9.17) is 4.74 Å². The fourth-order valence-electron chi connectivity index (χ4n) is 2.73. The standard InChI is InChI=1S/C16H23NO2/c1-3-16(18)17-10-9-13-6-5-12-7-8-14(19-4-2)11-15(12)13/h7-8,11,13H,3-6,9-10H2,1-2H3,(H,17,18)/t13-/m0/s1. The summed E-state index contributed by atoms with van der Waals surface area (Å²) in [6.45, 7) is 5.37. The maximum atomic E-state index is 11.2. The third kappa shape index (κ3) is 3.49. The quantitative estimate of drug-likeness (QED) is 0.854. The predicted octanol–water partition coefficient (Wildman–Crippen LogP) is 3.03. The molecule has 0 bridgehead atoms. The van der Waals surface area contributed by atoms with Crippen LogP contribution in [-0.2, 0) is 11.2 Å². The van der Waals surface area contributed by atoms with Gasteiger partial charge in [0.05, 0.1) is 6.61 Å². The fourth-order valence-corrected chi connectivity index (χ4v) is 2.73. The summed E-state index contributed by atoms with van der Waals surface area (Å²) in [4.78, 5) is 11.2. The topological polar surface area (TPSA) is 38.3 Å². The molecule has 1 amide bonds. The number of carbonyl (C=O) groups excluding carboxylic acids is 1. The van der Waals surface area contributed by atoms with Gasteiger partial charge in [-0.05, 0) is 55.4 Å². The third-order valence-electron chi connectivity index (χ3n) is 3.77. The highest BCUT2D eigenvalue weighted by Gasteiger charge is 2.22. The molecule has 0 aliphatic heterocycles. The average molecular weight is 261 g/mol. The van der Waals surface area contributed by atoms with Gasteiger partial charge in [0.2, 0.25) is 5.91 Å². The molecule has 1 aliphatic carbocycles. The van der Waals surface area contributed by atoms with Crippen LogP contribution >= 0.6 is 0 Å². The zero-order valence-electron chi connectivity index (χ0n) is 11.9. The van der Waals surface area contributed by atoms with Gasteiger partial charge in [-0.25, -0.2) is 0 Å². The minimum Gasteiger partial charge on any atom is -0.494 e. The second kappa shape index (κ2) is 6.60. The molecule has 1 aromatic carbocycles. The molecule has 0 saturated heterocycles. The number of amides is 1. The van der Waals surface area contributed by atoms with Crippen LogP contribution < -0.4 is 10.1 Å². The molecule has 0 unspecified atom stereocenters. The van der Waals surface area contributed by atoms with E-state index < -0.39 is 0 Å². The Morgan fingerprint density at radius 3 is 3.00 bits per heavy atom. The molecule has 2 rings (SSSR count). The summed E-state index contributed by atoms with van der Waals surface area (Å²) < 4.78 is 5.57. The lowest BCUT2D eigenvalue weighted by Gasteiger charge is -2.13. The molecule has 1 aromatic rings. The first-order valence-corrected chi connectivity index (χ1v) is 7.27. The van der Waals surface area contributed by atoms with Crippen molar-refractivity contribution in [2.24, 2.45) is 0 Å². The van der Waals surface area contributed by atoms with E-state index in [9.17, 15) is 4.79 Å². The van der Waals surface area contributed by atoms with Crippen molar-refractivity contribution in [2.45, 2.75) is 45.4 Å². The highest BCUT2D eigenvalue weighted by molar-refractivity contribution is 5.75. The van der Waals surface area contributed by atoms with E-state index in [2.05, 4.69) is 23.5 Å². The number of aryl methyl sites for hydroxylation is 1. The van der Waals surface area contributed by atoms with Gasteiger partial charge in [-0.1, -0.05) is 13.0 Å². The number of carbonyl (C=O) groups is 1. The summed E-state index contributed by atoms with van der Waals surface area (Å²) in [6, 6.07) is 6.42. The zero-order chi connectivity index (χ0) is 13.7. The first-order valence-electron chi connectivity index (χ1n) is 7.27. The van der Waals surface area contributed by atoms with Crippen LogP contribution in [0.25, 0.3) is 0 Å². The molecular formula is C16H23NO2. The summed E-state index contributed by atoms with van der Waals surface area (Å²) in [5, 5.41) is 2.96. The Kier molecular flexibility index (Phi) is 4.83. The number of hydrogen-bond acceptors (Lipinski definition) is 2. The van der Waals surface area contributed by atoms with Gasteiger partial charge in [0, 0.05) is 13.0 Å².